The molecule has 12 heteroatoms. The van der Waals surface area contributed by atoms with Crippen LogP contribution in [0.5, 0.6) is 0 Å². The van der Waals surface area contributed by atoms with E-state index in [1.165, 1.54) is 0 Å². The first-order valence-electron chi connectivity index (χ1n) is 2.54. The van der Waals surface area contributed by atoms with Crippen molar-refractivity contribution in [2.24, 2.45) is 0 Å². The van der Waals surface area contributed by atoms with Gasteiger partial charge < -0.3 is 0 Å². The van der Waals surface area contributed by atoms with Gasteiger partial charge in [0, 0.05) is 0 Å². The molecule has 0 saturated heterocycles. The van der Waals surface area contributed by atoms with E-state index in [0.717, 1.165) is 0 Å². The lowest BCUT2D eigenvalue weighted by atomic mass is 10.3. The van der Waals surface area contributed by atoms with Gasteiger partial charge in [0.1, 0.15) is 0 Å². The molecule has 0 atom stereocenters. The molecule has 0 aliphatic rings. The summed E-state index contributed by atoms with van der Waals surface area (Å²) in [6, 6.07) is 0. The van der Waals surface area contributed by atoms with E-state index in [-0.39, 0.29) is 12.4 Å². The number of hydrogen-bond acceptors (Lipinski definition) is 2. The molecule has 0 spiro atoms. The molecule has 0 aromatic heterocycles. The van der Waals surface area contributed by atoms with Gasteiger partial charge in [-0.25, -0.2) is 0 Å². The summed E-state index contributed by atoms with van der Waals surface area (Å²) in [7, 11) is -6.85. The molecule has 0 aromatic rings. The fourth-order valence-electron chi connectivity index (χ4n) is 0.327. The minimum Gasteiger partial charge on any atom is -0.281 e. The van der Waals surface area contributed by atoms with E-state index in [4.69, 9.17) is 4.55 Å². The van der Waals surface area contributed by atoms with Gasteiger partial charge >= 0.3 is 27.5 Å². The molecule has 0 amide bonds. The molecule has 0 radical (unpaired) electrons. The van der Waals surface area contributed by atoms with Crippen LogP contribution in [0.2, 0.25) is 0 Å². The third-order valence-electron chi connectivity index (χ3n) is 1.05. The highest BCUT2D eigenvalue weighted by Crippen LogP contribution is 2.48. The maximum absolute atomic E-state index is 11.9. The Labute approximate surface area is 84.4 Å². The summed E-state index contributed by atoms with van der Waals surface area (Å²) in [4.78, 5) is 0. The number of rotatable bonds is 2. The topological polar surface area (TPSA) is 54.4 Å². The minimum absolute atomic E-state index is 0. The van der Waals surface area contributed by atoms with E-state index in [2.05, 4.69) is 0 Å². The van der Waals surface area contributed by atoms with E-state index in [9.17, 15) is 39.2 Å². The standard InChI is InChI=1S/C3HF7O3S.ClH/c4-1(5,2(6,7)8)3(9,10)14(11,12)13;/h(H,11,12,13);1H. The van der Waals surface area contributed by atoms with Crippen LogP contribution < -0.4 is 0 Å². The maximum Gasteiger partial charge on any atom is 0.461 e. The molecule has 0 rings (SSSR count). The summed E-state index contributed by atoms with van der Waals surface area (Å²) in [5.74, 6) is -6.85. The average Bonchev–Trinajstić information content (AvgIpc) is 1.81. The first-order valence-corrected chi connectivity index (χ1v) is 3.98. The van der Waals surface area contributed by atoms with Crippen molar-refractivity contribution in [3.05, 3.63) is 0 Å². The van der Waals surface area contributed by atoms with Crippen LogP contribution in [0, 0.1) is 0 Å². The van der Waals surface area contributed by atoms with Crippen LogP contribution in [0.15, 0.2) is 0 Å². The van der Waals surface area contributed by atoms with E-state index in [1.54, 1.807) is 0 Å². The van der Waals surface area contributed by atoms with Crippen molar-refractivity contribution in [1.29, 1.82) is 0 Å². The molecule has 0 saturated carbocycles. The summed E-state index contributed by atoms with van der Waals surface area (Å²) in [6.45, 7) is 0. The van der Waals surface area contributed by atoms with Crippen LogP contribution in [-0.2, 0) is 10.1 Å². The maximum atomic E-state index is 11.9. The van der Waals surface area contributed by atoms with Gasteiger partial charge in [0.05, 0.1) is 0 Å². The van der Waals surface area contributed by atoms with Crippen LogP contribution >= 0.6 is 12.4 Å². The number of hydrogen-bond donors (Lipinski definition) is 1. The van der Waals surface area contributed by atoms with Gasteiger partial charge in [-0.05, 0) is 0 Å². The molecule has 94 valence electrons. The zero-order valence-electron chi connectivity index (χ0n) is 6.23. The Hall–Kier alpha value is -0.290. The van der Waals surface area contributed by atoms with Gasteiger partial charge in [-0.15, -0.1) is 12.4 Å². The van der Waals surface area contributed by atoms with Crippen molar-refractivity contribution < 1.29 is 43.7 Å². The Morgan fingerprint density at radius 3 is 1.20 bits per heavy atom. The van der Waals surface area contributed by atoms with Crippen LogP contribution in [-0.4, -0.2) is 30.3 Å². The second-order valence-electron chi connectivity index (χ2n) is 2.06. The predicted molar refractivity (Wildman–Crippen MR) is 34.7 cm³/mol. The Balaban J connectivity index is 0. The summed E-state index contributed by atoms with van der Waals surface area (Å²) < 4.78 is 108. The van der Waals surface area contributed by atoms with Gasteiger partial charge in [-0.3, -0.25) is 4.55 Å². The molecule has 0 bridgehead atoms. The second-order valence-corrected chi connectivity index (χ2v) is 3.53. The fraction of sp³-hybridized carbons (Fsp3) is 1.00. The van der Waals surface area contributed by atoms with Crippen molar-refractivity contribution in [2.45, 2.75) is 17.4 Å². The Morgan fingerprint density at radius 1 is 0.867 bits per heavy atom. The highest BCUT2D eigenvalue weighted by Gasteiger charge is 2.78. The molecule has 0 fully saturated rings. The lowest BCUT2D eigenvalue weighted by molar-refractivity contribution is -0.333. The highest BCUT2D eigenvalue weighted by molar-refractivity contribution is 7.87. The monoisotopic (exact) mass is 286 g/mol. The highest BCUT2D eigenvalue weighted by atomic mass is 35.5. The Kier molecular flexibility index (Phi) is 4.50. The van der Waals surface area contributed by atoms with E-state index < -0.39 is 27.5 Å². The average molecular weight is 287 g/mol. The van der Waals surface area contributed by atoms with Crippen LogP contribution in [0.1, 0.15) is 0 Å². The first-order chi connectivity index (χ1) is 5.75. The van der Waals surface area contributed by atoms with Crippen LogP contribution in [0.4, 0.5) is 30.7 Å². The Bertz CT molecular complexity index is 319. The molecule has 1 N–H and O–H groups in total. The van der Waals surface area contributed by atoms with Gasteiger partial charge in [0.2, 0.25) is 0 Å². The molecule has 0 unspecified atom stereocenters. The van der Waals surface area contributed by atoms with E-state index in [0.29, 0.717) is 0 Å². The number of halogens is 8. The summed E-state index contributed by atoms with van der Waals surface area (Å²) in [6.07, 6.45) is -6.79. The molecule has 15 heavy (non-hydrogen) atoms. The zero-order chi connectivity index (χ0) is 12.0. The third kappa shape index (κ3) is 2.64. The van der Waals surface area contributed by atoms with Gasteiger partial charge in [0.15, 0.2) is 0 Å². The Morgan fingerprint density at radius 2 is 1.13 bits per heavy atom. The largest absolute Gasteiger partial charge is 0.461 e. The van der Waals surface area contributed by atoms with Gasteiger partial charge in [-0.1, -0.05) is 0 Å². The van der Waals surface area contributed by atoms with Crippen molar-refractivity contribution in [3.8, 4) is 0 Å². The minimum atomic E-state index is -6.85. The quantitative estimate of drug-likeness (QED) is 0.625. The molecule has 0 aromatic carbocycles. The number of alkyl halides is 7. The van der Waals surface area contributed by atoms with Crippen LogP contribution in [0.25, 0.3) is 0 Å². The second kappa shape index (κ2) is 3.94. The fourth-order valence-corrected chi connectivity index (χ4v) is 0.767. The summed E-state index contributed by atoms with van der Waals surface area (Å²) in [5.41, 5.74) is 0. The van der Waals surface area contributed by atoms with Gasteiger partial charge in [-0.2, -0.15) is 39.2 Å². The molecular weight excluding hydrogens is 285 g/mol. The van der Waals surface area contributed by atoms with E-state index >= 15 is 0 Å². The predicted octanol–water partition coefficient (Wildman–Crippen LogP) is 2.09. The molecule has 0 aliphatic heterocycles. The molecule has 3 nitrogen and oxygen atoms in total. The van der Waals surface area contributed by atoms with Crippen molar-refractivity contribution in [1.82, 2.24) is 0 Å². The normalized spacial score (nSPS) is 14.7. The summed E-state index contributed by atoms with van der Waals surface area (Å²) in [5, 5.41) is -6.61. The van der Waals surface area contributed by atoms with Crippen molar-refractivity contribution in [3.63, 3.8) is 0 Å². The third-order valence-corrected chi connectivity index (χ3v) is 1.95. The lowest BCUT2D eigenvalue weighted by Crippen LogP contribution is -2.55. The molecular formula is C3H2ClF7O3S. The van der Waals surface area contributed by atoms with Crippen LogP contribution in [0.3, 0.4) is 0 Å². The molecule has 0 aliphatic carbocycles. The van der Waals surface area contributed by atoms with Crippen molar-refractivity contribution in [2.75, 3.05) is 0 Å². The lowest BCUT2D eigenvalue weighted by Gasteiger charge is -2.25. The summed E-state index contributed by atoms with van der Waals surface area (Å²) >= 11 is 0. The first kappa shape index (κ1) is 17.1. The van der Waals surface area contributed by atoms with Gasteiger partial charge in [0.25, 0.3) is 0 Å². The molecule has 0 heterocycles. The van der Waals surface area contributed by atoms with Crippen molar-refractivity contribution >= 4 is 22.5 Å². The smallest absolute Gasteiger partial charge is 0.281 e. The van der Waals surface area contributed by atoms with E-state index in [1.807, 2.05) is 0 Å². The zero-order valence-corrected chi connectivity index (χ0v) is 7.86. The SMILES string of the molecule is Cl.O=S(=O)(O)C(F)(F)C(F)(F)C(F)(F)F.